The standard InChI is InChI=1S/C11H10FNO/c1-2-8-3-4-9(5-10(8)12)11-6-13-7-14-11/h3-7H,2H2,1H3. The number of benzene rings is 1. The highest BCUT2D eigenvalue weighted by Gasteiger charge is 2.05. The first-order valence-corrected chi connectivity index (χ1v) is 4.48. The zero-order chi connectivity index (χ0) is 9.97. The molecule has 1 aromatic heterocycles. The zero-order valence-electron chi connectivity index (χ0n) is 7.83. The van der Waals surface area contributed by atoms with Crippen molar-refractivity contribution in [2.24, 2.45) is 0 Å². The van der Waals surface area contributed by atoms with Gasteiger partial charge in [-0.25, -0.2) is 9.37 Å². The van der Waals surface area contributed by atoms with Gasteiger partial charge in [0.2, 0.25) is 0 Å². The van der Waals surface area contributed by atoms with Crippen molar-refractivity contribution in [2.75, 3.05) is 0 Å². The number of aryl methyl sites for hydroxylation is 1. The average molecular weight is 191 g/mol. The van der Waals surface area contributed by atoms with Crippen LogP contribution >= 0.6 is 0 Å². The van der Waals surface area contributed by atoms with E-state index in [9.17, 15) is 4.39 Å². The summed E-state index contributed by atoms with van der Waals surface area (Å²) in [6.07, 6.45) is 3.60. The predicted octanol–water partition coefficient (Wildman–Crippen LogP) is 3.04. The van der Waals surface area contributed by atoms with Gasteiger partial charge in [-0.1, -0.05) is 19.1 Å². The van der Waals surface area contributed by atoms with Crippen LogP contribution in [0.4, 0.5) is 4.39 Å². The van der Waals surface area contributed by atoms with Gasteiger partial charge in [-0.05, 0) is 18.1 Å². The van der Waals surface area contributed by atoms with Crippen LogP contribution in [-0.2, 0) is 6.42 Å². The summed E-state index contributed by atoms with van der Waals surface area (Å²) in [7, 11) is 0. The van der Waals surface area contributed by atoms with Crippen LogP contribution in [0.15, 0.2) is 35.2 Å². The Balaban J connectivity index is 2.43. The van der Waals surface area contributed by atoms with Crippen molar-refractivity contribution < 1.29 is 8.81 Å². The Morgan fingerprint density at radius 1 is 1.43 bits per heavy atom. The zero-order valence-corrected chi connectivity index (χ0v) is 7.83. The number of oxazole rings is 1. The molecule has 0 saturated heterocycles. The van der Waals surface area contributed by atoms with Crippen molar-refractivity contribution in [3.8, 4) is 11.3 Å². The first-order chi connectivity index (χ1) is 6.81. The molecule has 0 aliphatic carbocycles. The maximum absolute atomic E-state index is 13.4. The van der Waals surface area contributed by atoms with Crippen LogP contribution in [0.1, 0.15) is 12.5 Å². The molecule has 0 N–H and O–H groups in total. The van der Waals surface area contributed by atoms with Crippen molar-refractivity contribution in [3.05, 3.63) is 42.2 Å². The second kappa shape index (κ2) is 3.62. The highest BCUT2D eigenvalue weighted by molar-refractivity contribution is 5.56. The van der Waals surface area contributed by atoms with Gasteiger partial charge in [-0.2, -0.15) is 0 Å². The molecule has 0 fully saturated rings. The lowest BCUT2D eigenvalue weighted by Gasteiger charge is -2.01. The molecule has 1 aromatic carbocycles. The molecule has 1 heterocycles. The van der Waals surface area contributed by atoms with E-state index in [2.05, 4.69) is 4.98 Å². The van der Waals surface area contributed by atoms with Crippen LogP contribution in [0.2, 0.25) is 0 Å². The molecule has 0 unspecified atom stereocenters. The van der Waals surface area contributed by atoms with Gasteiger partial charge < -0.3 is 4.42 Å². The largest absolute Gasteiger partial charge is 0.444 e. The van der Waals surface area contributed by atoms with Crippen LogP contribution < -0.4 is 0 Å². The van der Waals surface area contributed by atoms with Crippen LogP contribution in [0.25, 0.3) is 11.3 Å². The molecule has 0 spiro atoms. The summed E-state index contributed by atoms with van der Waals surface area (Å²) >= 11 is 0. The van der Waals surface area contributed by atoms with Crippen molar-refractivity contribution >= 4 is 0 Å². The number of hydrogen-bond donors (Lipinski definition) is 0. The van der Waals surface area contributed by atoms with E-state index in [1.54, 1.807) is 12.3 Å². The second-order valence-corrected chi connectivity index (χ2v) is 3.03. The first kappa shape index (κ1) is 8.94. The van der Waals surface area contributed by atoms with Gasteiger partial charge in [-0.15, -0.1) is 0 Å². The van der Waals surface area contributed by atoms with Crippen LogP contribution in [0.5, 0.6) is 0 Å². The molecule has 0 saturated carbocycles. The van der Waals surface area contributed by atoms with Gasteiger partial charge in [0.05, 0.1) is 6.20 Å². The van der Waals surface area contributed by atoms with Crippen molar-refractivity contribution in [1.82, 2.24) is 4.98 Å². The lowest BCUT2D eigenvalue weighted by atomic mass is 10.1. The molecular formula is C11H10FNO. The molecule has 0 radical (unpaired) electrons. The molecule has 72 valence electrons. The lowest BCUT2D eigenvalue weighted by Crippen LogP contribution is -1.87. The predicted molar refractivity (Wildman–Crippen MR) is 51.3 cm³/mol. The van der Waals surface area contributed by atoms with Crippen molar-refractivity contribution in [3.63, 3.8) is 0 Å². The van der Waals surface area contributed by atoms with E-state index in [-0.39, 0.29) is 5.82 Å². The molecular weight excluding hydrogens is 181 g/mol. The monoisotopic (exact) mass is 191 g/mol. The fourth-order valence-electron chi connectivity index (χ4n) is 1.35. The molecule has 2 nitrogen and oxygen atoms in total. The fraction of sp³-hybridized carbons (Fsp3) is 0.182. The molecule has 2 aromatic rings. The Hall–Kier alpha value is -1.64. The van der Waals surface area contributed by atoms with Gasteiger partial charge in [0.15, 0.2) is 12.2 Å². The molecule has 0 aliphatic heterocycles. The normalized spacial score (nSPS) is 10.4. The van der Waals surface area contributed by atoms with Crippen LogP contribution in [0, 0.1) is 5.82 Å². The molecule has 2 rings (SSSR count). The van der Waals surface area contributed by atoms with E-state index >= 15 is 0 Å². The Bertz CT molecular complexity index is 423. The fourth-order valence-corrected chi connectivity index (χ4v) is 1.35. The quantitative estimate of drug-likeness (QED) is 0.729. The molecule has 0 aliphatic rings. The van der Waals surface area contributed by atoms with Gasteiger partial charge in [0.1, 0.15) is 5.82 Å². The van der Waals surface area contributed by atoms with Crippen molar-refractivity contribution in [2.45, 2.75) is 13.3 Å². The van der Waals surface area contributed by atoms with Crippen LogP contribution in [-0.4, -0.2) is 4.98 Å². The number of rotatable bonds is 2. The maximum atomic E-state index is 13.4. The minimum atomic E-state index is -0.193. The summed E-state index contributed by atoms with van der Waals surface area (Å²) in [6.45, 7) is 1.92. The van der Waals surface area contributed by atoms with E-state index < -0.39 is 0 Å². The smallest absolute Gasteiger partial charge is 0.181 e. The minimum absolute atomic E-state index is 0.193. The van der Waals surface area contributed by atoms with Crippen molar-refractivity contribution in [1.29, 1.82) is 0 Å². The first-order valence-electron chi connectivity index (χ1n) is 4.48. The summed E-state index contributed by atoms with van der Waals surface area (Å²) in [5, 5.41) is 0. The van der Waals surface area contributed by atoms with Gasteiger partial charge in [0.25, 0.3) is 0 Å². The highest BCUT2D eigenvalue weighted by atomic mass is 19.1. The molecule has 0 bridgehead atoms. The second-order valence-electron chi connectivity index (χ2n) is 3.03. The maximum Gasteiger partial charge on any atom is 0.181 e. The van der Waals surface area contributed by atoms with Gasteiger partial charge in [0, 0.05) is 5.56 Å². The third-order valence-corrected chi connectivity index (χ3v) is 2.15. The third-order valence-electron chi connectivity index (χ3n) is 2.15. The Morgan fingerprint density at radius 2 is 2.29 bits per heavy atom. The average Bonchev–Trinajstić information content (AvgIpc) is 2.70. The van der Waals surface area contributed by atoms with Gasteiger partial charge in [-0.3, -0.25) is 0 Å². The lowest BCUT2D eigenvalue weighted by molar-refractivity contribution is 0.569. The van der Waals surface area contributed by atoms with E-state index in [1.807, 2.05) is 13.0 Å². The summed E-state index contributed by atoms with van der Waals surface area (Å²) in [5.74, 6) is 0.396. The number of aromatic nitrogens is 1. The summed E-state index contributed by atoms with van der Waals surface area (Å²) in [4.78, 5) is 3.78. The Labute approximate surface area is 81.4 Å². The summed E-state index contributed by atoms with van der Waals surface area (Å²) in [5.41, 5.74) is 1.44. The minimum Gasteiger partial charge on any atom is -0.444 e. The summed E-state index contributed by atoms with van der Waals surface area (Å²) in [6, 6.07) is 5.08. The highest BCUT2D eigenvalue weighted by Crippen LogP contribution is 2.21. The van der Waals surface area contributed by atoms with E-state index in [1.165, 1.54) is 12.5 Å². The Kier molecular flexibility index (Phi) is 2.31. The Morgan fingerprint density at radius 3 is 2.86 bits per heavy atom. The van der Waals surface area contributed by atoms with E-state index in [0.717, 1.165) is 5.56 Å². The molecule has 0 amide bonds. The number of hydrogen-bond acceptors (Lipinski definition) is 2. The van der Waals surface area contributed by atoms with Gasteiger partial charge >= 0.3 is 0 Å². The molecule has 14 heavy (non-hydrogen) atoms. The third kappa shape index (κ3) is 1.53. The summed E-state index contributed by atoms with van der Waals surface area (Å²) < 4.78 is 18.5. The topological polar surface area (TPSA) is 26.0 Å². The molecule has 0 atom stereocenters. The van der Waals surface area contributed by atoms with E-state index in [0.29, 0.717) is 17.7 Å². The number of halogens is 1. The van der Waals surface area contributed by atoms with Crippen LogP contribution in [0.3, 0.4) is 0 Å². The number of nitrogens with zero attached hydrogens (tertiary/aromatic N) is 1. The SMILES string of the molecule is CCc1ccc(-c2cnco2)cc1F. The van der Waals surface area contributed by atoms with E-state index in [4.69, 9.17) is 4.42 Å². The molecule has 3 heteroatoms.